The first-order valence-electron chi connectivity index (χ1n) is 12.8. The first-order chi connectivity index (χ1) is 19.0. The molecule has 4 heterocycles. The fraction of sp³-hybridized carbons (Fsp3) is 0.321. The van der Waals surface area contributed by atoms with Crippen molar-refractivity contribution in [2.24, 2.45) is 12.8 Å². The molecule has 5 aromatic rings. The molecular weight excluding hydrogens is 503 g/mol. The van der Waals surface area contributed by atoms with Crippen LogP contribution in [0.1, 0.15) is 21.7 Å². The molecule has 0 aliphatic carbocycles. The second-order valence-electron chi connectivity index (χ2n) is 9.77. The predicted octanol–water partition coefficient (Wildman–Crippen LogP) is 2.90. The van der Waals surface area contributed by atoms with Crippen LogP contribution in [0.15, 0.2) is 53.2 Å². The first-order valence-corrected chi connectivity index (χ1v) is 12.8. The molecule has 202 valence electrons. The van der Waals surface area contributed by atoms with Gasteiger partial charge in [-0.05, 0) is 36.2 Å². The molecule has 0 saturated heterocycles. The summed E-state index contributed by atoms with van der Waals surface area (Å²) in [5, 5.41) is 14.1. The van der Waals surface area contributed by atoms with Gasteiger partial charge < -0.3 is 34.1 Å². The number of alkyl halides is 1. The van der Waals surface area contributed by atoms with E-state index in [1.807, 2.05) is 54.1 Å². The third-order valence-electron chi connectivity index (χ3n) is 7.19. The molecule has 11 heteroatoms. The van der Waals surface area contributed by atoms with Gasteiger partial charge in [-0.15, -0.1) is 0 Å². The van der Waals surface area contributed by atoms with Gasteiger partial charge >= 0.3 is 0 Å². The Bertz CT molecular complexity index is 1660. The highest BCUT2D eigenvalue weighted by Gasteiger charge is 2.28. The highest BCUT2D eigenvalue weighted by Crippen LogP contribution is 2.36. The molecule has 10 nitrogen and oxygen atoms in total. The SMILES string of the molecule is Cn1c(-c2cc3cccc(OCCO)c3n2Cc2ccno2)nc2cc3c(cc21)CCN(CC(N)CF)C3=O. The molecule has 1 atom stereocenters. The summed E-state index contributed by atoms with van der Waals surface area (Å²) in [4.78, 5) is 19.8. The van der Waals surface area contributed by atoms with E-state index in [0.29, 0.717) is 47.9 Å². The van der Waals surface area contributed by atoms with E-state index in [-0.39, 0.29) is 25.7 Å². The Morgan fingerprint density at radius 2 is 2.13 bits per heavy atom. The van der Waals surface area contributed by atoms with E-state index in [4.69, 9.17) is 20.0 Å². The summed E-state index contributed by atoms with van der Waals surface area (Å²) in [6.07, 6.45) is 2.26. The quantitative estimate of drug-likeness (QED) is 0.299. The molecule has 39 heavy (non-hydrogen) atoms. The number of aromatic nitrogens is 4. The standard InChI is InChI=1S/C28H29FN6O4/c1-33-23-11-17-6-8-34(15-19(30)14-29)28(37)21(17)13-22(23)32-27(33)24-12-18-3-2-4-25(38-10-9-36)26(18)35(24)16-20-5-7-31-39-20/h2-5,7,11-13,19,36H,6,8-10,14-16,30H2,1H3. The molecule has 2 aromatic carbocycles. The van der Waals surface area contributed by atoms with Crippen LogP contribution in [0.3, 0.4) is 0 Å². The number of fused-ring (bicyclic) bond motifs is 3. The van der Waals surface area contributed by atoms with E-state index >= 15 is 0 Å². The topological polar surface area (TPSA) is 125 Å². The van der Waals surface area contributed by atoms with E-state index < -0.39 is 12.7 Å². The highest BCUT2D eigenvalue weighted by atomic mass is 19.1. The number of carbonyl (C=O) groups excluding carboxylic acids is 1. The average Bonchev–Trinajstić information content (AvgIpc) is 3.67. The van der Waals surface area contributed by atoms with E-state index in [2.05, 4.69) is 9.72 Å². The van der Waals surface area contributed by atoms with Crippen LogP contribution in [0, 0.1) is 0 Å². The summed E-state index contributed by atoms with van der Waals surface area (Å²) >= 11 is 0. The van der Waals surface area contributed by atoms with Crippen molar-refractivity contribution in [1.29, 1.82) is 0 Å². The summed E-state index contributed by atoms with van der Waals surface area (Å²) in [7, 11) is 1.95. The van der Waals surface area contributed by atoms with Crippen molar-refractivity contribution in [1.82, 2.24) is 24.2 Å². The lowest BCUT2D eigenvalue weighted by molar-refractivity contribution is 0.0725. The van der Waals surface area contributed by atoms with Crippen molar-refractivity contribution < 1.29 is 23.6 Å². The minimum absolute atomic E-state index is 0.0999. The number of carbonyl (C=O) groups is 1. The van der Waals surface area contributed by atoms with Gasteiger partial charge in [-0.3, -0.25) is 4.79 Å². The Labute approximate surface area is 223 Å². The minimum atomic E-state index is -0.696. The van der Waals surface area contributed by atoms with E-state index in [1.165, 1.54) is 0 Å². The third-order valence-corrected chi connectivity index (χ3v) is 7.19. The second-order valence-corrected chi connectivity index (χ2v) is 9.77. The van der Waals surface area contributed by atoms with Crippen LogP contribution in [0.4, 0.5) is 4.39 Å². The number of amides is 1. The van der Waals surface area contributed by atoms with Gasteiger partial charge in [0.25, 0.3) is 5.91 Å². The molecule has 3 N–H and O–H groups in total. The number of imidazole rings is 1. The molecule has 0 saturated carbocycles. The summed E-state index contributed by atoms with van der Waals surface area (Å²) in [6.45, 7) is 0.466. The number of ether oxygens (including phenoxy) is 1. The van der Waals surface area contributed by atoms with Crippen LogP contribution in [0.25, 0.3) is 33.5 Å². The molecule has 1 aliphatic rings. The number of halogens is 1. The summed E-state index contributed by atoms with van der Waals surface area (Å²) in [5.74, 6) is 1.86. The summed E-state index contributed by atoms with van der Waals surface area (Å²) in [6, 6.07) is 12.8. The van der Waals surface area contributed by atoms with Crippen LogP contribution in [-0.2, 0) is 20.0 Å². The highest BCUT2D eigenvalue weighted by molar-refractivity contribution is 6.01. The molecular formula is C28H29FN6O4. The van der Waals surface area contributed by atoms with Gasteiger partial charge in [0.2, 0.25) is 0 Å². The molecule has 3 aromatic heterocycles. The number of para-hydroxylation sites is 1. The molecule has 1 unspecified atom stereocenters. The zero-order valence-electron chi connectivity index (χ0n) is 21.5. The van der Waals surface area contributed by atoms with E-state index in [1.54, 1.807) is 11.1 Å². The fourth-order valence-corrected chi connectivity index (χ4v) is 5.34. The van der Waals surface area contributed by atoms with Gasteiger partial charge in [0.15, 0.2) is 11.6 Å². The molecule has 0 fully saturated rings. The molecule has 6 rings (SSSR count). The zero-order chi connectivity index (χ0) is 27.1. The Hall–Kier alpha value is -4.22. The number of hydrogen-bond donors (Lipinski definition) is 2. The van der Waals surface area contributed by atoms with Crippen molar-refractivity contribution in [3.8, 4) is 17.3 Å². The number of aryl methyl sites for hydroxylation is 1. The number of nitrogens with zero attached hydrogens (tertiary/aromatic N) is 5. The Kier molecular flexibility index (Phi) is 6.53. The fourth-order valence-electron chi connectivity index (χ4n) is 5.34. The molecule has 0 spiro atoms. The minimum Gasteiger partial charge on any atom is -0.489 e. The lowest BCUT2D eigenvalue weighted by Gasteiger charge is -2.30. The lowest BCUT2D eigenvalue weighted by atomic mass is 9.97. The maximum absolute atomic E-state index is 13.2. The number of benzene rings is 2. The van der Waals surface area contributed by atoms with Gasteiger partial charge in [-0.1, -0.05) is 17.3 Å². The van der Waals surface area contributed by atoms with Crippen LogP contribution >= 0.6 is 0 Å². The normalized spacial score (nSPS) is 14.4. The Morgan fingerprint density at radius 3 is 2.90 bits per heavy atom. The van der Waals surface area contributed by atoms with Crippen molar-refractivity contribution in [2.75, 3.05) is 33.0 Å². The van der Waals surface area contributed by atoms with Crippen molar-refractivity contribution >= 4 is 27.8 Å². The van der Waals surface area contributed by atoms with Gasteiger partial charge in [-0.25, -0.2) is 9.37 Å². The second kappa shape index (κ2) is 10.2. The number of nitrogens with two attached hydrogens (primary N) is 1. The van der Waals surface area contributed by atoms with Crippen molar-refractivity contribution in [3.63, 3.8) is 0 Å². The number of hydrogen-bond acceptors (Lipinski definition) is 7. The van der Waals surface area contributed by atoms with Gasteiger partial charge in [0, 0.05) is 37.2 Å². The number of rotatable bonds is 9. The monoisotopic (exact) mass is 532 g/mol. The molecule has 0 radical (unpaired) electrons. The van der Waals surface area contributed by atoms with Crippen molar-refractivity contribution in [3.05, 3.63) is 65.5 Å². The average molecular weight is 533 g/mol. The largest absolute Gasteiger partial charge is 0.489 e. The molecule has 0 bridgehead atoms. The Balaban J connectivity index is 1.48. The zero-order valence-corrected chi connectivity index (χ0v) is 21.5. The van der Waals surface area contributed by atoms with Gasteiger partial charge in [0.1, 0.15) is 19.0 Å². The summed E-state index contributed by atoms with van der Waals surface area (Å²) < 4.78 is 28.4. The van der Waals surface area contributed by atoms with Gasteiger partial charge in [0.05, 0.1) is 47.6 Å². The van der Waals surface area contributed by atoms with Crippen LogP contribution in [-0.4, -0.2) is 74.2 Å². The van der Waals surface area contributed by atoms with Gasteiger partial charge in [-0.2, -0.15) is 0 Å². The van der Waals surface area contributed by atoms with Crippen LogP contribution in [0.5, 0.6) is 5.75 Å². The van der Waals surface area contributed by atoms with Crippen molar-refractivity contribution in [2.45, 2.75) is 19.0 Å². The summed E-state index contributed by atoms with van der Waals surface area (Å²) in [5.41, 5.74) is 10.6. The third kappa shape index (κ3) is 4.43. The van der Waals surface area contributed by atoms with Crippen LogP contribution < -0.4 is 10.5 Å². The Morgan fingerprint density at radius 1 is 1.26 bits per heavy atom. The smallest absolute Gasteiger partial charge is 0.254 e. The molecule has 1 amide bonds. The first kappa shape index (κ1) is 25.1. The lowest BCUT2D eigenvalue weighted by Crippen LogP contribution is -2.45. The number of aliphatic hydroxyl groups is 1. The maximum atomic E-state index is 13.2. The molecule has 1 aliphatic heterocycles. The maximum Gasteiger partial charge on any atom is 0.254 e. The van der Waals surface area contributed by atoms with Crippen LogP contribution in [0.2, 0.25) is 0 Å². The van der Waals surface area contributed by atoms with E-state index in [9.17, 15) is 14.3 Å². The van der Waals surface area contributed by atoms with E-state index in [0.717, 1.165) is 27.7 Å². The number of aliphatic hydroxyl groups excluding tert-OH is 1. The predicted molar refractivity (Wildman–Crippen MR) is 143 cm³/mol.